The molecule has 1 fully saturated rings. The smallest absolute Gasteiger partial charge is 0.334 e. The van der Waals surface area contributed by atoms with Crippen molar-refractivity contribution in [3.05, 3.63) is 38.8 Å². The zero-order valence-electron chi connectivity index (χ0n) is 9.37. The number of aromatic nitrogens is 1. The third-order valence-corrected chi connectivity index (χ3v) is 2.87. The fraction of sp³-hybridized carbons (Fsp3) is 0.545. The Morgan fingerprint density at radius 2 is 2.35 bits per heavy atom. The van der Waals surface area contributed by atoms with Crippen LogP contribution in [-0.4, -0.2) is 22.2 Å². The molecule has 0 aromatic carbocycles. The molecule has 2 rings (SSSR count). The Hall–Kier alpha value is -1.69. The lowest BCUT2D eigenvalue weighted by Gasteiger charge is -2.22. The number of rotatable bonds is 3. The van der Waals surface area contributed by atoms with Gasteiger partial charge < -0.3 is 9.30 Å². The molecular weight excluding hydrogens is 224 g/mol. The lowest BCUT2D eigenvalue weighted by molar-refractivity contribution is -0.386. The SMILES string of the molecule is O=c1c([N+](=O)[O-])cccn1C[C@H]1CCCCO1. The minimum atomic E-state index is -0.652. The summed E-state index contributed by atoms with van der Waals surface area (Å²) >= 11 is 0. The first-order valence-electron chi connectivity index (χ1n) is 5.64. The Bertz CT molecular complexity index is 463. The Morgan fingerprint density at radius 3 is 3.00 bits per heavy atom. The van der Waals surface area contributed by atoms with E-state index in [2.05, 4.69) is 0 Å². The van der Waals surface area contributed by atoms with Gasteiger partial charge in [0.05, 0.1) is 17.6 Å². The van der Waals surface area contributed by atoms with E-state index in [9.17, 15) is 14.9 Å². The Balaban J connectivity index is 2.18. The molecule has 1 saturated heterocycles. The molecule has 1 aromatic rings. The molecule has 17 heavy (non-hydrogen) atoms. The van der Waals surface area contributed by atoms with Gasteiger partial charge in [-0.3, -0.25) is 14.9 Å². The van der Waals surface area contributed by atoms with Gasteiger partial charge in [0.25, 0.3) is 0 Å². The van der Waals surface area contributed by atoms with Gasteiger partial charge in [-0.15, -0.1) is 0 Å². The van der Waals surface area contributed by atoms with E-state index in [-0.39, 0.29) is 11.8 Å². The summed E-state index contributed by atoms with van der Waals surface area (Å²) in [5, 5.41) is 10.6. The minimum Gasteiger partial charge on any atom is -0.376 e. The maximum atomic E-state index is 11.7. The Labute approximate surface area is 98.0 Å². The number of hydrogen-bond donors (Lipinski definition) is 0. The number of nitro groups is 1. The largest absolute Gasteiger partial charge is 0.376 e. The first-order valence-corrected chi connectivity index (χ1v) is 5.64. The maximum absolute atomic E-state index is 11.7. The highest BCUT2D eigenvalue weighted by molar-refractivity contribution is 5.25. The Kier molecular flexibility index (Phi) is 3.53. The predicted octanol–water partition coefficient (Wildman–Crippen LogP) is 1.33. The summed E-state index contributed by atoms with van der Waals surface area (Å²) in [6, 6.07) is 2.74. The molecule has 92 valence electrons. The molecule has 0 saturated carbocycles. The van der Waals surface area contributed by atoms with Crippen LogP contribution in [0.1, 0.15) is 19.3 Å². The van der Waals surface area contributed by atoms with Crippen LogP contribution in [0, 0.1) is 10.1 Å². The second-order valence-electron chi connectivity index (χ2n) is 4.10. The van der Waals surface area contributed by atoms with E-state index < -0.39 is 10.5 Å². The molecular formula is C11H14N2O4. The van der Waals surface area contributed by atoms with Crippen molar-refractivity contribution in [3.8, 4) is 0 Å². The van der Waals surface area contributed by atoms with E-state index in [1.54, 1.807) is 6.20 Å². The van der Waals surface area contributed by atoms with Crippen LogP contribution in [0.15, 0.2) is 23.1 Å². The maximum Gasteiger partial charge on any atom is 0.334 e. The summed E-state index contributed by atoms with van der Waals surface area (Å²) in [5.74, 6) is 0. The summed E-state index contributed by atoms with van der Waals surface area (Å²) in [7, 11) is 0. The summed E-state index contributed by atoms with van der Waals surface area (Å²) < 4.78 is 6.86. The third-order valence-electron chi connectivity index (χ3n) is 2.87. The molecule has 0 bridgehead atoms. The summed E-state index contributed by atoms with van der Waals surface area (Å²) in [4.78, 5) is 21.7. The van der Waals surface area contributed by atoms with Gasteiger partial charge in [-0.1, -0.05) is 0 Å². The van der Waals surface area contributed by atoms with Crippen molar-refractivity contribution < 1.29 is 9.66 Å². The van der Waals surface area contributed by atoms with E-state index in [1.807, 2.05) is 0 Å². The molecule has 6 nitrogen and oxygen atoms in total. The van der Waals surface area contributed by atoms with Crippen LogP contribution in [0.3, 0.4) is 0 Å². The van der Waals surface area contributed by atoms with E-state index in [1.165, 1.54) is 16.7 Å². The van der Waals surface area contributed by atoms with Crippen LogP contribution < -0.4 is 5.56 Å². The molecule has 0 aliphatic carbocycles. The van der Waals surface area contributed by atoms with E-state index >= 15 is 0 Å². The lowest BCUT2D eigenvalue weighted by Crippen LogP contribution is -2.30. The average Bonchev–Trinajstić information content (AvgIpc) is 2.33. The van der Waals surface area contributed by atoms with Crippen LogP contribution >= 0.6 is 0 Å². The highest BCUT2D eigenvalue weighted by Crippen LogP contribution is 2.14. The topological polar surface area (TPSA) is 74.4 Å². The fourth-order valence-electron chi connectivity index (χ4n) is 1.98. The highest BCUT2D eigenvalue weighted by atomic mass is 16.6. The second kappa shape index (κ2) is 5.09. The van der Waals surface area contributed by atoms with Crippen LogP contribution in [0.2, 0.25) is 0 Å². The van der Waals surface area contributed by atoms with E-state index in [0.29, 0.717) is 13.2 Å². The molecule has 0 spiro atoms. The van der Waals surface area contributed by atoms with Crippen LogP contribution in [0.25, 0.3) is 0 Å². The van der Waals surface area contributed by atoms with E-state index in [4.69, 9.17) is 4.74 Å². The van der Waals surface area contributed by atoms with Gasteiger partial charge in [0.2, 0.25) is 0 Å². The standard InChI is InChI=1S/C11H14N2O4/c14-11-10(13(15)16)5-3-6-12(11)8-9-4-1-2-7-17-9/h3,5-6,9H,1-2,4,7-8H2/t9-/m1/s1. The van der Waals surface area contributed by atoms with Gasteiger partial charge in [0.15, 0.2) is 0 Å². The Morgan fingerprint density at radius 1 is 1.53 bits per heavy atom. The van der Waals surface area contributed by atoms with Crippen molar-refractivity contribution in [1.29, 1.82) is 0 Å². The predicted molar refractivity (Wildman–Crippen MR) is 60.9 cm³/mol. The van der Waals surface area contributed by atoms with Crippen LogP contribution in [0.5, 0.6) is 0 Å². The summed E-state index contributed by atoms with van der Waals surface area (Å²) in [6.45, 7) is 1.09. The molecule has 2 heterocycles. The van der Waals surface area contributed by atoms with Crippen molar-refractivity contribution in [3.63, 3.8) is 0 Å². The highest BCUT2D eigenvalue weighted by Gasteiger charge is 2.18. The average molecular weight is 238 g/mol. The van der Waals surface area contributed by atoms with Crippen molar-refractivity contribution in [2.24, 2.45) is 0 Å². The van der Waals surface area contributed by atoms with Gasteiger partial charge in [-0.25, -0.2) is 0 Å². The zero-order valence-corrected chi connectivity index (χ0v) is 9.37. The molecule has 1 aromatic heterocycles. The molecule has 1 aliphatic rings. The van der Waals surface area contributed by atoms with Gasteiger partial charge in [0.1, 0.15) is 0 Å². The van der Waals surface area contributed by atoms with E-state index in [0.717, 1.165) is 19.3 Å². The third kappa shape index (κ3) is 2.71. The number of pyridine rings is 1. The molecule has 1 atom stereocenters. The van der Waals surface area contributed by atoms with Crippen molar-refractivity contribution in [1.82, 2.24) is 4.57 Å². The minimum absolute atomic E-state index is 0.0107. The van der Waals surface area contributed by atoms with Crippen molar-refractivity contribution in [2.75, 3.05) is 6.61 Å². The lowest BCUT2D eigenvalue weighted by atomic mass is 10.1. The number of hydrogen-bond acceptors (Lipinski definition) is 4. The normalized spacial score (nSPS) is 20.1. The quantitative estimate of drug-likeness (QED) is 0.588. The van der Waals surface area contributed by atoms with Gasteiger partial charge in [-0.05, 0) is 25.3 Å². The second-order valence-corrected chi connectivity index (χ2v) is 4.10. The number of nitrogens with zero attached hydrogens (tertiary/aromatic N) is 2. The molecule has 0 radical (unpaired) electrons. The molecule has 0 amide bonds. The van der Waals surface area contributed by atoms with Gasteiger partial charge >= 0.3 is 11.2 Å². The zero-order chi connectivity index (χ0) is 12.3. The molecule has 6 heteroatoms. The summed E-state index contributed by atoms with van der Waals surface area (Å²) in [6.07, 6.45) is 4.57. The molecule has 0 N–H and O–H groups in total. The van der Waals surface area contributed by atoms with Gasteiger partial charge in [0, 0.05) is 18.9 Å². The van der Waals surface area contributed by atoms with Crippen molar-refractivity contribution >= 4 is 5.69 Å². The number of ether oxygens (including phenoxy) is 1. The first kappa shape index (κ1) is 11.8. The molecule has 0 unspecified atom stereocenters. The van der Waals surface area contributed by atoms with Gasteiger partial charge in [-0.2, -0.15) is 0 Å². The molecule has 1 aliphatic heterocycles. The summed E-state index contributed by atoms with van der Waals surface area (Å²) in [5.41, 5.74) is -0.949. The monoisotopic (exact) mass is 238 g/mol. The first-order chi connectivity index (χ1) is 8.18. The van der Waals surface area contributed by atoms with Crippen LogP contribution in [-0.2, 0) is 11.3 Å². The fourth-order valence-corrected chi connectivity index (χ4v) is 1.98. The van der Waals surface area contributed by atoms with Crippen LogP contribution in [0.4, 0.5) is 5.69 Å². The van der Waals surface area contributed by atoms with Crippen molar-refractivity contribution in [2.45, 2.75) is 31.9 Å².